The molecule has 1 fully saturated rings. The molecule has 27 heavy (non-hydrogen) atoms. The standard InChI is InChI=1S/C19H20N6O2/c1-24-7-9-25(10-8-24)16-11-13(4-6-20-16)22-19(27)15-12-17(26)23-18-14(15)3-2-5-21-18/h2-6,11-12H,7-10H2,1H3,(H,20,22,27)(H,21,23,26). The Labute approximate surface area is 155 Å². The number of anilines is 2. The summed E-state index contributed by atoms with van der Waals surface area (Å²) >= 11 is 0. The van der Waals surface area contributed by atoms with Gasteiger partial charge in [0.1, 0.15) is 11.5 Å². The molecule has 8 nitrogen and oxygen atoms in total. The van der Waals surface area contributed by atoms with Crippen molar-refractivity contribution in [2.24, 2.45) is 0 Å². The molecule has 4 heterocycles. The van der Waals surface area contributed by atoms with E-state index < -0.39 is 0 Å². The van der Waals surface area contributed by atoms with Gasteiger partial charge in [-0.2, -0.15) is 0 Å². The van der Waals surface area contributed by atoms with Gasteiger partial charge in [0.25, 0.3) is 5.91 Å². The van der Waals surface area contributed by atoms with Gasteiger partial charge in [-0.25, -0.2) is 9.97 Å². The van der Waals surface area contributed by atoms with Crippen LogP contribution in [0.3, 0.4) is 0 Å². The smallest absolute Gasteiger partial charge is 0.256 e. The molecule has 0 bridgehead atoms. The van der Waals surface area contributed by atoms with Crippen LogP contribution in [0.5, 0.6) is 0 Å². The molecule has 0 spiro atoms. The van der Waals surface area contributed by atoms with Gasteiger partial charge in [0.05, 0.1) is 5.56 Å². The number of nitrogens with one attached hydrogen (secondary N) is 2. The molecule has 2 N–H and O–H groups in total. The van der Waals surface area contributed by atoms with Crippen LogP contribution in [0.15, 0.2) is 47.5 Å². The lowest BCUT2D eigenvalue weighted by atomic mass is 10.1. The zero-order chi connectivity index (χ0) is 18.8. The number of aromatic amines is 1. The number of rotatable bonds is 3. The minimum atomic E-state index is -0.362. The zero-order valence-corrected chi connectivity index (χ0v) is 15.0. The Morgan fingerprint density at radius 1 is 1.11 bits per heavy atom. The lowest BCUT2D eigenvalue weighted by Gasteiger charge is -2.33. The second-order valence-electron chi connectivity index (χ2n) is 6.59. The summed E-state index contributed by atoms with van der Waals surface area (Å²) in [6.45, 7) is 3.74. The fourth-order valence-corrected chi connectivity index (χ4v) is 3.17. The first-order chi connectivity index (χ1) is 13.1. The second kappa shape index (κ2) is 7.16. The minimum absolute atomic E-state index is 0.291. The molecular formula is C19H20N6O2. The monoisotopic (exact) mass is 364 g/mol. The van der Waals surface area contributed by atoms with Crippen LogP contribution < -0.4 is 15.8 Å². The van der Waals surface area contributed by atoms with Crippen LogP contribution in [0, 0.1) is 0 Å². The van der Waals surface area contributed by atoms with Gasteiger partial charge in [-0.15, -0.1) is 0 Å². The fraction of sp³-hybridized carbons (Fsp3) is 0.263. The van der Waals surface area contributed by atoms with Crippen molar-refractivity contribution >= 4 is 28.4 Å². The maximum Gasteiger partial charge on any atom is 0.256 e. The van der Waals surface area contributed by atoms with Gasteiger partial charge in [-0.1, -0.05) is 0 Å². The maximum atomic E-state index is 12.8. The third-order valence-corrected chi connectivity index (χ3v) is 4.69. The van der Waals surface area contributed by atoms with Crippen LogP contribution in [0.1, 0.15) is 10.4 Å². The topological polar surface area (TPSA) is 94.2 Å². The van der Waals surface area contributed by atoms with Crippen LogP contribution in [-0.2, 0) is 0 Å². The Morgan fingerprint density at radius 3 is 2.74 bits per heavy atom. The van der Waals surface area contributed by atoms with E-state index in [2.05, 4.69) is 37.1 Å². The summed E-state index contributed by atoms with van der Waals surface area (Å²) in [5, 5.41) is 3.47. The van der Waals surface area contributed by atoms with Gasteiger partial charge in [-0.05, 0) is 25.2 Å². The number of aromatic nitrogens is 3. The van der Waals surface area contributed by atoms with E-state index in [0.29, 0.717) is 22.3 Å². The maximum absolute atomic E-state index is 12.8. The molecule has 4 rings (SSSR count). The number of likely N-dealkylation sites (N-methyl/N-ethyl adjacent to an activating group) is 1. The molecule has 3 aromatic heterocycles. The van der Waals surface area contributed by atoms with Crippen molar-refractivity contribution in [3.63, 3.8) is 0 Å². The average molecular weight is 364 g/mol. The number of carbonyl (C=O) groups excluding carboxylic acids is 1. The fourth-order valence-electron chi connectivity index (χ4n) is 3.17. The summed E-state index contributed by atoms with van der Waals surface area (Å²) in [5.74, 6) is 0.480. The van der Waals surface area contributed by atoms with Crippen LogP contribution in [0.4, 0.5) is 11.5 Å². The molecule has 0 atom stereocenters. The number of nitrogens with zero attached hydrogens (tertiary/aromatic N) is 4. The largest absolute Gasteiger partial charge is 0.354 e. The third kappa shape index (κ3) is 3.65. The molecule has 0 saturated carbocycles. The van der Waals surface area contributed by atoms with Crippen molar-refractivity contribution in [3.8, 4) is 0 Å². The Balaban J connectivity index is 1.59. The Kier molecular flexibility index (Phi) is 4.55. The van der Waals surface area contributed by atoms with E-state index in [1.165, 1.54) is 6.07 Å². The van der Waals surface area contributed by atoms with Crippen LogP contribution in [0.2, 0.25) is 0 Å². The predicted molar refractivity (Wildman–Crippen MR) is 104 cm³/mol. The van der Waals surface area contributed by atoms with Crippen molar-refractivity contribution in [1.29, 1.82) is 0 Å². The highest BCUT2D eigenvalue weighted by molar-refractivity contribution is 6.11. The SMILES string of the molecule is CN1CCN(c2cc(NC(=O)c3cc(=O)[nH]c4ncccc34)ccn2)CC1. The summed E-state index contributed by atoms with van der Waals surface area (Å²) in [6.07, 6.45) is 3.26. The van der Waals surface area contributed by atoms with E-state index in [4.69, 9.17) is 0 Å². The van der Waals surface area contributed by atoms with Crippen LogP contribution >= 0.6 is 0 Å². The molecule has 1 saturated heterocycles. The molecule has 0 aromatic carbocycles. The molecule has 0 unspecified atom stereocenters. The van der Waals surface area contributed by atoms with Gasteiger partial charge in [0, 0.05) is 61.8 Å². The van der Waals surface area contributed by atoms with Crippen molar-refractivity contribution in [1.82, 2.24) is 19.9 Å². The molecule has 3 aromatic rings. The number of H-pyrrole nitrogens is 1. The van der Waals surface area contributed by atoms with Crippen molar-refractivity contribution in [2.75, 3.05) is 43.4 Å². The Bertz CT molecular complexity index is 1040. The molecule has 0 aliphatic carbocycles. The normalized spacial score (nSPS) is 15.1. The highest BCUT2D eigenvalue weighted by atomic mass is 16.2. The highest BCUT2D eigenvalue weighted by Crippen LogP contribution is 2.20. The van der Waals surface area contributed by atoms with Gasteiger partial charge in [-0.3, -0.25) is 9.59 Å². The third-order valence-electron chi connectivity index (χ3n) is 4.69. The van der Waals surface area contributed by atoms with E-state index in [-0.39, 0.29) is 11.5 Å². The first kappa shape index (κ1) is 17.2. The second-order valence-corrected chi connectivity index (χ2v) is 6.59. The molecule has 138 valence electrons. The Morgan fingerprint density at radius 2 is 1.93 bits per heavy atom. The quantitative estimate of drug-likeness (QED) is 0.728. The van der Waals surface area contributed by atoms with Crippen LogP contribution in [-0.4, -0.2) is 59.0 Å². The van der Waals surface area contributed by atoms with Crippen molar-refractivity contribution in [2.45, 2.75) is 0 Å². The number of carbonyl (C=O) groups is 1. The first-order valence-corrected chi connectivity index (χ1v) is 8.79. The molecule has 1 amide bonds. The number of hydrogen-bond donors (Lipinski definition) is 2. The van der Waals surface area contributed by atoms with Crippen molar-refractivity contribution < 1.29 is 4.79 Å². The van der Waals surface area contributed by atoms with Crippen molar-refractivity contribution in [3.05, 3.63) is 58.6 Å². The minimum Gasteiger partial charge on any atom is -0.354 e. The Hall–Kier alpha value is -3.26. The van der Waals surface area contributed by atoms with E-state index in [9.17, 15) is 9.59 Å². The molecule has 1 aliphatic heterocycles. The van der Waals surface area contributed by atoms with Gasteiger partial charge in [0.2, 0.25) is 5.56 Å². The molecular weight excluding hydrogens is 344 g/mol. The van der Waals surface area contributed by atoms with Gasteiger partial charge in [0.15, 0.2) is 0 Å². The number of hydrogen-bond acceptors (Lipinski definition) is 6. The molecule has 1 aliphatic rings. The summed E-state index contributed by atoms with van der Waals surface area (Å²) in [6, 6.07) is 8.38. The predicted octanol–water partition coefficient (Wildman–Crippen LogP) is 1.32. The number of pyridine rings is 3. The number of piperazine rings is 1. The summed E-state index contributed by atoms with van der Waals surface area (Å²) in [5.41, 5.74) is 0.961. The lowest BCUT2D eigenvalue weighted by molar-refractivity contribution is 0.102. The van der Waals surface area contributed by atoms with E-state index >= 15 is 0 Å². The van der Waals surface area contributed by atoms with Gasteiger partial charge >= 0.3 is 0 Å². The summed E-state index contributed by atoms with van der Waals surface area (Å²) in [4.78, 5) is 40.3. The highest BCUT2D eigenvalue weighted by Gasteiger charge is 2.17. The number of amides is 1. The zero-order valence-electron chi connectivity index (χ0n) is 15.0. The van der Waals surface area contributed by atoms with Crippen LogP contribution in [0.25, 0.3) is 11.0 Å². The molecule has 8 heteroatoms. The number of fused-ring (bicyclic) bond motifs is 1. The molecule has 0 radical (unpaired) electrons. The average Bonchev–Trinajstić information content (AvgIpc) is 2.68. The van der Waals surface area contributed by atoms with E-state index in [0.717, 1.165) is 32.0 Å². The summed E-state index contributed by atoms with van der Waals surface area (Å²) < 4.78 is 0. The van der Waals surface area contributed by atoms with E-state index in [1.54, 1.807) is 30.6 Å². The van der Waals surface area contributed by atoms with E-state index in [1.807, 2.05) is 6.07 Å². The first-order valence-electron chi connectivity index (χ1n) is 8.79. The lowest BCUT2D eigenvalue weighted by Crippen LogP contribution is -2.44. The van der Waals surface area contributed by atoms with Gasteiger partial charge < -0.3 is 20.1 Å². The summed E-state index contributed by atoms with van der Waals surface area (Å²) in [7, 11) is 2.10.